The quantitative estimate of drug-likeness (QED) is 0.782. The van der Waals surface area contributed by atoms with Crippen LogP contribution in [0.1, 0.15) is 26.2 Å². The van der Waals surface area contributed by atoms with Crippen molar-refractivity contribution in [3.8, 4) is 0 Å². The van der Waals surface area contributed by atoms with Crippen LogP contribution in [-0.2, 0) is 11.3 Å². The smallest absolute Gasteiger partial charge is 0.250 e. The molecule has 1 unspecified atom stereocenters. The third-order valence-corrected chi connectivity index (χ3v) is 2.77. The average molecular weight is 288 g/mol. The van der Waals surface area contributed by atoms with E-state index in [0.717, 1.165) is 19.3 Å². The van der Waals surface area contributed by atoms with Crippen LogP contribution in [0, 0.1) is 0 Å². The molecule has 0 aliphatic carbocycles. The number of carbonyl (C=O) groups excluding carboxylic acids is 1. The van der Waals surface area contributed by atoms with Gasteiger partial charge in [-0.25, -0.2) is 0 Å². The summed E-state index contributed by atoms with van der Waals surface area (Å²) in [5, 5.41) is 2.85. The molecule has 19 heavy (non-hydrogen) atoms. The molecular formula is C13H22ClN3O2. The second-order valence-corrected chi connectivity index (χ2v) is 4.31. The number of hydrogen-bond donors (Lipinski definition) is 2. The summed E-state index contributed by atoms with van der Waals surface area (Å²) < 4.78 is 1.38. The van der Waals surface area contributed by atoms with Crippen molar-refractivity contribution in [2.45, 2.75) is 38.8 Å². The molecule has 0 bridgehead atoms. The first-order chi connectivity index (χ1) is 8.67. The van der Waals surface area contributed by atoms with Gasteiger partial charge in [0, 0.05) is 24.8 Å². The Balaban J connectivity index is 0.00000324. The lowest BCUT2D eigenvalue weighted by Crippen LogP contribution is -2.42. The third kappa shape index (κ3) is 6.40. The van der Waals surface area contributed by atoms with Crippen LogP contribution in [0.4, 0.5) is 0 Å². The van der Waals surface area contributed by atoms with E-state index in [-0.39, 0.29) is 36.5 Å². The third-order valence-electron chi connectivity index (χ3n) is 2.77. The minimum absolute atomic E-state index is 0. The largest absolute Gasteiger partial charge is 0.351 e. The van der Waals surface area contributed by atoms with Gasteiger partial charge in [0.25, 0.3) is 5.56 Å². The van der Waals surface area contributed by atoms with E-state index in [1.807, 2.05) is 0 Å². The molecule has 1 rings (SSSR count). The molecule has 0 spiro atoms. The summed E-state index contributed by atoms with van der Waals surface area (Å²) in [5.74, 6) is -0.171. The minimum atomic E-state index is -0.175. The molecule has 0 saturated heterocycles. The van der Waals surface area contributed by atoms with Crippen molar-refractivity contribution in [3.05, 3.63) is 34.7 Å². The van der Waals surface area contributed by atoms with Gasteiger partial charge in [0.15, 0.2) is 0 Å². The zero-order chi connectivity index (χ0) is 13.4. The molecule has 0 fully saturated rings. The predicted octanol–water partition coefficient (Wildman–Crippen LogP) is 0.904. The Kier molecular flexibility index (Phi) is 8.91. The van der Waals surface area contributed by atoms with Gasteiger partial charge in [-0.2, -0.15) is 0 Å². The highest BCUT2D eigenvalue weighted by atomic mass is 35.5. The summed E-state index contributed by atoms with van der Waals surface area (Å²) in [6.07, 6.45) is 4.59. The molecule has 1 heterocycles. The van der Waals surface area contributed by atoms with Crippen molar-refractivity contribution in [3.63, 3.8) is 0 Å². The van der Waals surface area contributed by atoms with Gasteiger partial charge in [-0.1, -0.05) is 25.8 Å². The van der Waals surface area contributed by atoms with Crippen LogP contribution >= 0.6 is 12.4 Å². The van der Waals surface area contributed by atoms with Gasteiger partial charge in [-0.05, 0) is 12.5 Å². The number of nitrogens with zero attached hydrogens (tertiary/aromatic N) is 1. The highest BCUT2D eigenvalue weighted by Crippen LogP contribution is 1.99. The second kappa shape index (κ2) is 9.58. The summed E-state index contributed by atoms with van der Waals surface area (Å²) in [6.45, 7) is 2.57. The molecule has 0 aliphatic rings. The molecular weight excluding hydrogens is 266 g/mol. The van der Waals surface area contributed by atoms with E-state index in [2.05, 4.69) is 12.2 Å². The van der Waals surface area contributed by atoms with Crippen LogP contribution in [0.15, 0.2) is 29.2 Å². The summed E-state index contributed by atoms with van der Waals surface area (Å²) in [5.41, 5.74) is 5.43. The molecule has 1 aromatic heterocycles. The van der Waals surface area contributed by atoms with Gasteiger partial charge >= 0.3 is 0 Å². The number of unbranched alkanes of at least 4 members (excludes halogenated alkanes) is 1. The molecule has 5 nitrogen and oxygen atoms in total. The monoisotopic (exact) mass is 287 g/mol. The van der Waals surface area contributed by atoms with E-state index in [4.69, 9.17) is 5.73 Å². The van der Waals surface area contributed by atoms with Gasteiger partial charge in [0.2, 0.25) is 5.91 Å². The lowest BCUT2D eigenvalue weighted by Gasteiger charge is -2.16. The first kappa shape index (κ1) is 17.7. The topological polar surface area (TPSA) is 77.1 Å². The van der Waals surface area contributed by atoms with E-state index in [1.54, 1.807) is 18.3 Å². The van der Waals surface area contributed by atoms with Crippen molar-refractivity contribution in [2.24, 2.45) is 5.73 Å². The molecule has 0 aromatic carbocycles. The van der Waals surface area contributed by atoms with Crippen LogP contribution in [0.5, 0.6) is 0 Å². The SMILES string of the molecule is CCCCC(CN)NC(=O)Cn1ccccc1=O.Cl. The number of carbonyl (C=O) groups is 1. The Morgan fingerprint density at radius 2 is 2.21 bits per heavy atom. The lowest BCUT2D eigenvalue weighted by atomic mass is 10.1. The van der Waals surface area contributed by atoms with Crippen LogP contribution < -0.4 is 16.6 Å². The molecule has 0 radical (unpaired) electrons. The number of pyridine rings is 1. The first-order valence-electron chi connectivity index (χ1n) is 6.32. The fourth-order valence-corrected chi connectivity index (χ4v) is 1.72. The van der Waals surface area contributed by atoms with Gasteiger partial charge < -0.3 is 15.6 Å². The van der Waals surface area contributed by atoms with Crippen molar-refractivity contribution < 1.29 is 4.79 Å². The Hall–Kier alpha value is -1.33. The van der Waals surface area contributed by atoms with Gasteiger partial charge in [-0.15, -0.1) is 12.4 Å². The number of aromatic nitrogens is 1. The number of hydrogen-bond acceptors (Lipinski definition) is 3. The van der Waals surface area contributed by atoms with Gasteiger partial charge in [0.1, 0.15) is 6.54 Å². The van der Waals surface area contributed by atoms with Crippen LogP contribution in [0.3, 0.4) is 0 Å². The number of nitrogens with two attached hydrogens (primary N) is 1. The minimum Gasteiger partial charge on any atom is -0.351 e. The highest BCUT2D eigenvalue weighted by Gasteiger charge is 2.10. The van der Waals surface area contributed by atoms with E-state index >= 15 is 0 Å². The number of rotatable bonds is 7. The van der Waals surface area contributed by atoms with Crippen molar-refractivity contribution in [1.82, 2.24) is 9.88 Å². The van der Waals surface area contributed by atoms with Gasteiger partial charge in [0.05, 0.1) is 0 Å². The van der Waals surface area contributed by atoms with E-state index < -0.39 is 0 Å². The van der Waals surface area contributed by atoms with E-state index in [0.29, 0.717) is 6.54 Å². The van der Waals surface area contributed by atoms with Crippen LogP contribution in [0.25, 0.3) is 0 Å². The Bertz CT molecular complexity index is 434. The molecule has 108 valence electrons. The summed E-state index contributed by atoms with van der Waals surface area (Å²) >= 11 is 0. The molecule has 0 saturated carbocycles. The zero-order valence-electron chi connectivity index (χ0n) is 11.2. The van der Waals surface area contributed by atoms with E-state index in [1.165, 1.54) is 10.6 Å². The average Bonchev–Trinajstić information content (AvgIpc) is 2.37. The van der Waals surface area contributed by atoms with Crippen molar-refractivity contribution >= 4 is 18.3 Å². The van der Waals surface area contributed by atoms with Gasteiger partial charge in [-0.3, -0.25) is 9.59 Å². The maximum absolute atomic E-state index is 11.8. The van der Waals surface area contributed by atoms with E-state index in [9.17, 15) is 9.59 Å². The van der Waals surface area contributed by atoms with Crippen molar-refractivity contribution in [1.29, 1.82) is 0 Å². The highest BCUT2D eigenvalue weighted by molar-refractivity contribution is 5.85. The lowest BCUT2D eigenvalue weighted by molar-refractivity contribution is -0.122. The van der Waals surface area contributed by atoms with Crippen molar-refractivity contribution in [2.75, 3.05) is 6.54 Å². The maximum atomic E-state index is 11.8. The first-order valence-corrected chi connectivity index (χ1v) is 6.32. The molecule has 6 heteroatoms. The molecule has 3 N–H and O–H groups in total. The fourth-order valence-electron chi connectivity index (χ4n) is 1.72. The second-order valence-electron chi connectivity index (χ2n) is 4.31. The zero-order valence-corrected chi connectivity index (χ0v) is 12.0. The molecule has 1 atom stereocenters. The Morgan fingerprint density at radius 1 is 1.47 bits per heavy atom. The molecule has 1 aromatic rings. The predicted molar refractivity (Wildman–Crippen MR) is 78.5 cm³/mol. The normalized spacial score (nSPS) is 11.5. The fraction of sp³-hybridized carbons (Fsp3) is 0.538. The summed E-state index contributed by atoms with van der Waals surface area (Å²) in [7, 11) is 0. The number of halogens is 1. The standard InChI is InChI=1S/C13H21N3O2.ClH/c1-2-3-6-11(9-14)15-12(17)10-16-8-5-4-7-13(16)18;/h4-5,7-8,11H,2-3,6,9-10,14H2,1H3,(H,15,17);1H. The summed E-state index contributed by atoms with van der Waals surface area (Å²) in [4.78, 5) is 23.2. The van der Waals surface area contributed by atoms with Crippen LogP contribution in [-0.4, -0.2) is 23.1 Å². The molecule has 1 amide bonds. The molecule has 0 aliphatic heterocycles. The Morgan fingerprint density at radius 3 is 2.79 bits per heavy atom. The maximum Gasteiger partial charge on any atom is 0.250 e. The van der Waals surface area contributed by atoms with Crippen LogP contribution in [0.2, 0.25) is 0 Å². The Labute approximate surface area is 119 Å². The number of nitrogens with one attached hydrogen (secondary N) is 1. The number of amides is 1. The summed E-state index contributed by atoms with van der Waals surface area (Å²) in [6, 6.07) is 4.81.